The summed E-state index contributed by atoms with van der Waals surface area (Å²) in [7, 11) is 0. The third-order valence-corrected chi connectivity index (χ3v) is 8.88. The number of aryl methyl sites for hydroxylation is 1. The van der Waals surface area contributed by atoms with E-state index < -0.39 is 5.97 Å². The number of ether oxygens (including phenoxy) is 1. The monoisotopic (exact) mass is 474 g/mol. The van der Waals surface area contributed by atoms with E-state index in [0.717, 1.165) is 98.5 Å². The van der Waals surface area contributed by atoms with Gasteiger partial charge in [0.15, 0.2) is 0 Å². The SMILES string of the molecule is Cc1nn(C2CCOCC2)c2sc(C(=O)NC3CCC(N4CCC(C(=O)O)CC4)CC3)cc12. The van der Waals surface area contributed by atoms with Crippen molar-refractivity contribution in [3.05, 3.63) is 16.6 Å². The highest BCUT2D eigenvalue weighted by molar-refractivity contribution is 7.20. The number of amides is 1. The number of aromatic nitrogens is 2. The molecule has 9 heteroatoms. The normalized spacial score (nSPS) is 26.0. The van der Waals surface area contributed by atoms with Crippen LogP contribution in [-0.2, 0) is 9.53 Å². The van der Waals surface area contributed by atoms with Crippen LogP contribution >= 0.6 is 11.3 Å². The van der Waals surface area contributed by atoms with Crippen LogP contribution in [0.15, 0.2) is 6.07 Å². The lowest BCUT2D eigenvalue weighted by atomic mass is 9.87. The number of nitrogens with one attached hydrogen (secondary N) is 1. The minimum absolute atomic E-state index is 0.0276. The molecule has 33 heavy (non-hydrogen) atoms. The smallest absolute Gasteiger partial charge is 0.306 e. The molecule has 2 saturated heterocycles. The highest BCUT2D eigenvalue weighted by Crippen LogP contribution is 2.34. The number of piperidine rings is 1. The fourth-order valence-electron chi connectivity index (χ4n) is 5.71. The molecule has 1 aliphatic carbocycles. The van der Waals surface area contributed by atoms with Crippen molar-refractivity contribution < 1.29 is 19.4 Å². The van der Waals surface area contributed by atoms with Gasteiger partial charge in [0.05, 0.1) is 22.5 Å². The van der Waals surface area contributed by atoms with Crippen LogP contribution in [0.1, 0.15) is 72.8 Å². The summed E-state index contributed by atoms with van der Waals surface area (Å²) in [6.45, 7) is 5.31. The number of carbonyl (C=O) groups excluding carboxylic acids is 1. The Kier molecular flexibility index (Phi) is 6.72. The maximum atomic E-state index is 13.0. The Morgan fingerprint density at radius 2 is 1.76 bits per heavy atom. The van der Waals surface area contributed by atoms with Crippen LogP contribution in [0, 0.1) is 12.8 Å². The third kappa shape index (κ3) is 4.81. The van der Waals surface area contributed by atoms with E-state index in [1.54, 1.807) is 11.3 Å². The van der Waals surface area contributed by atoms with E-state index in [4.69, 9.17) is 9.84 Å². The summed E-state index contributed by atoms with van der Waals surface area (Å²) >= 11 is 1.55. The molecule has 2 aliphatic heterocycles. The summed E-state index contributed by atoms with van der Waals surface area (Å²) in [6.07, 6.45) is 7.52. The van der Waals surface area contributed by atoms with E-state index in [-0.39, 0.29) is 17.9 Å². The van der Waals surface area contributed by atoms with Gasteiger partial charge in [-0.3, -0.25) is 14.3 Å². The number of nitrogens with zero attached hydrogens (tertiary/aromatic N) is 3. The molecule has 8 nitrogen and oxygen atoms in total. The number of hydrogen-bond acceptors (Lipinski definition) is 6. The van der Waals surface area contributed by atoms with Gasteiger partial charge in [0, 0.05) is 30.7 Å². The van der Waals surface area contributed by atoms with Gasteiger partial charge < -0.3 is 20.1 Å². The lowest BCUT2D eigenvalue weighted by Crippen LogP contribution is -2.47. The number of hydrogen-bond donors (Lipinski definition) is 2. The number of rotatable bonds is 5. The van der Waals surface area contributed by atoms with Crippen molar-refractivity contribution in [2.45, 2.75) is 76.4 Å². The molecule has 0 bridgehead atoms. The van der Waals surface area contributed by atoms with Crippen LogP contribution in [0.3, 0.4) is 0 Å². The standard InChI is InChI=1S/C24H34N4O4S/c1-15-20-14-21(33-23(20)28(26-15)19-8-12-32-13-9-19)22(29)25-17-2-4-18(5-3-17)27-10-6-16(7-11-27)24(30)31/h14,16-19H,2-13H2,1H3,(H,25,29)(H,30,31). The van der Waals surface area contributed by atoms with Gasteiger partial charge >= 0.3 is 5.97 Å². The zero-order valence-electron chi connectivity index (χ0n) is 19.3. The number of aliphatic carboxylic acids is 1. The molecule has 2 aromatic heterocycles. The van der Waals surface area contributed by atoms with Crippen LogP contribution in [0.2, 0.25) is 0 Å². The van der Waals surface area contributed by atoms with Crippen molar-refractivity contribution in [3.63, 3.8) is 0 Å². The Morgan fingerprint density at radius 3 is 2.42 bits per heavy atom. The van der Waals surface area contributed by atoms with E-state index in [1.807, 2.05) is 13.0 Å². The summed E-state index contributed by atoms with van der Waals surface area (Å²) < 4.78 is 7.62. The average Bonchev–Trinajstić information content (AvgIpc) is 3.41. The minimum Gasteiger partial charge on any atom is -0.481 e. The number of carboxylic acid groups (broad SMARTS) is 1. The highest BCUT2D eigenvalue weighted by atomic mass is 32.1. The number of likely N-dealkylation sites (tertiary alicyclic amines) is 1. The van der Waals surface area contributed by atoms with E-state index in [0.29, 0.717) is 12.1 Å². The van der Waals surface area contributed by atoms with Crippen molar-refractivity contribution >= 4 is 33.4 Å². The average molecular weight is 475 g/mol. The summed E-state index contributed by atoms with van der Waals surface area (Å²) in [5.41, 5.74) is 0.985. The van der Waals surface area contributed by atoms with Gasteiger partial charge in [-0.05, 0) is 77.4 Å². The third-order valence-electron chi connectivity index (χ3n) is 7.76. The number of carbonyl (C=O) groups is 2. The number of fused-ring (bicyclic) bond motifs is 1. The first-order valence-corrected chi connectivity index (χ1v) is 13.2. The Bertz CT molecular complexity index is 996. The second-order valence-electron chi connectivity index (χ2n) is 9.83. The second-order valence-corrected chi connectivity index (χ2v) is 10.9. The largest absolute Gasteiger partial charge is 0.481 e. The van der Waals surface area contributed by atoms with Crippen molar-refractivity contribution in [2.24, 2.45) is 5.92 Å². The molecule has 0 unspecified atom stereocenters. The van der Waals surface area contributed by atoms with Crippen molar-refractivity contribution in [1.29, 1.82) is 0 Å². The van der Waals surface area contributed by atoms with E-state index >= 15 is 0 Å². The lowest BCUT2D eigenvalue weighted by Gasteiger charge is -2.40. The van der Waals surface area contributed by atoms with Gasteiger partial charge in [-0.25, -0.2) is 0 Å². The molecule has 2 N–H and O–H groups in total. The van der Waals surface area contributed by atoms with Crippen molar-refractivity contribution in [3.8, 4) is 0 Å². The quantitative estimate of drug-likeness (QED) is 0.687. The lowest BCUT2D eigenvalue weighted by molar-refractivity contribution is -0.143. The maximum Gasteiger partial charge on any atom is 0.306 e. The Hall–Kier alpha value is -1.97. The highest BCUT2D eigenvalue weighted by Gasteiger charge is 2.32. The molecule has 5 rings (SSSR count). The summed E-state index contributed by atoms with van der Waals surface area (Å²) in [6, 6.07) is 3.08. The molecule has 0 aromatic carbocycles. The topological polar surface area (TPSA) is 96.7 Å². The molecule has 1 saturated carbocycles. The van der Waals surface area contributed by atoms with Crippen molar-refractivity contribution in [2.75, 3.05) is 26.3 Å². The first-order valence-electron chi connectivity index (χ1n) is 12.3. The summed E-state index contributed by atoms with van der Waals surface area (Å²) in [4.78, 5) is 28.6. The minimum atomic E-state index is -0.655. The van der Waals surface area contributed by atoms with Crippen LogP contribution in [0.25, 0.3) is 10.2 Å². The fraction of sp³-hybridized carbons (Fsp3) is 0.708. The van der Waals surface area contributed by atoms with Gasteiger partial charge in [0.25, 0.3) is 5.91 Å². The van der Waals surface area contributed by atoms with Gasteiger partial charge in [-0.2, -0.15) is 5.10 Å². The van der Waals surface area contributed by atoms with Crippen LogP contribution < -0.4 is 5.32 Å². The Balaban J connectivity index is 1.17. The molecule has 3 aliphatic rings. The van der Waals surface area contributed by atoms with E-state index in [9.17, 15) is 14.7 Å². The molecule has 2 aromatic rings. The fourth-order valence-corrected chi connectivity index (χ4v) is 6.85. The van der Waals surface area contributed by atoms with Crippen molar-refractivity contribution in [1.82, 2.24) is 20.0 Å². The Morgan fingerprint density at radius 1 is 1.06 bits per heavy atom. The van der Waals surface area contributed by atoms with E-state index in [2.05, 4.69) is 14.9 Å². The molecule has 0 radical (unpaired) electrons. The zero-order chi connectivity index (χ0) is 22.9. The first kappa shape index (κ1) is 22.8. The van der Waals surface area contributed by atoms with Gasteiger partial charge in [-0.1, -0.05) is 0 Å². The molecule has 3 fully saturated rings. The maximum absolute atomic E-state index is 13.0. The molecule has 180 valence electrons. The van der Waals surface area contributed by atoms with Gasteiger partial charge in [-0.15, -0.1) is 11.3 Å². The molecular formula is C24H34N4O4S. The van der Waals surface area contributed by atoms with Gasteiger partial charge in [0.2, 0.25) is 0 Å². The summed E-state index contributed by atoms with van der Waals surface area (Å²) in [5, 5.41) is 18.3. The Labute approximate surface area is 198 Å². The molecule has 1 amide bonds. The molecular weight excluding hydrogens is 440 g/mol. The number of thiophene rings is 1. The molecule has 0 atom stereocenters. The molecule has 4 heterocycles. The predicted octanol–water partition coefficient (Wildman–Crippen LogP) is 3.60. The van der Waals surface area contributed by atoms with Gasteiger partial charge in [0.1, 0.15) is 4.83 Å². The van der Waals surface area contributed by atoms with Crippen LogP contribution in [-0.4, -0.2) is 70.1 Å². The molecule has 0 spiro atoms. The summed E-state index contributed by atoms with van der Waals surface area (Å²) in [5.74, 6) is -0.807. The van der Waals surface area contributed by atoms with Crippen LogP contribution in [0.4, 0.5) is 0 Å². The van der Waals surface area contributed by atoms with Crippen LogP contribution in [0.5, 0.6) is 0 Å². The number of carboxylic acids is 1. The second kappa shape index (κ2) is 9.72. The van der Waals surface area contributed by atoms with E-state index in [1.165, 1.54) is 0 Å². The first-order chi connectivity index (χ1) is 16.0. The zero-order valence-corrected chi connectivity index (χ0v) is 20.1. The predicted molar refractivity (Wildman–Crippen MR) is 127 cm³/mol.